The quantitative estimate of drug-likeness (QED) is 0.295. The molecule has 0 saturated heterocycles. The van der Waals surface area contributed by atoms with Crippen LogP contribution in [-0.4, -0.2) is 30.3 Å². The minimum atomic E-state index is -0.677. The molecule has 7 nitrogen and oxygen atoms in total. The third-order valence-corrected chi connectivity index (χ3v) is 7.31. The topological polar surface area (TPSA) is 105 Å². The SMILES string of the molecule is COC(=O)[C@@H](N=Cc1cc([N+](=O)[O-])cc(Br)c1[O-])C12CC3CC(CC(C3)C1)C2. The van der Waals surface area contributed by atoms with E-state index in [-0.39, 0.29) is 26.9 Å². The van der Waals surface area contributed by atoms with Crippen molar-refractivity contribution >= 4 is 33.8 Å². The molecule has 0 aliphatic heterocycles. The van der Waals surface area contributed by atoms with Crippen molar-refractivity contribution in [2.75, 3.05) is 7.11 Å². The van der Waals surface area contributed by atoms with Crippen molar-refractivity contribution in [3.63, 3.8) is 0 Å². The number of benzene rings is 1. The Morgan fingerprint density at radius 3 is 2.36 bits per heavy atom. The van der Waals surface area contributed by atoms with Gasteiger partial charge in [0.15, 0.2) is 6.04 Å². The molecule has 1 aromatic rings. The summed E-state index contributed by atoms with van der Waals surface area (Å²) in [6, 6.07) is 1.70. The number of methoxy groups -OCH3 is 1. The first-order valence-electron chi connectivity index (χ1n) is 9.57. The number of nitrogens with zero attached hydrogens (tertiary/aromatic N) is 2. The molecule has 1 aromatic carbocycles. The zero-order chi connectivity index (χ0) is 20.1. The van der Waals surface area contributed by atoms with E-state index in [0.29, 0.717) is 17.8 Å². The molecule has 0 unspecified atom stereocenters. The number of hydrogen-bond acceptors (Lipinski definition) is 6. The van der Waals surface area contributed by atoms with Gasteiger partial charge in [0.2, 0.25) is 0 Å². The highest BCUT2D eigenvalue weighted by Crippen LogP contribution is 2.62. The van der Waals surface area contributed by atoms with Crippen molar-refractivity contribution < 1.29 is 19.6 Å². The number of aliphatic imine (C=N–C) groups is 1. The Kier molecular flexibility index (Phi) is 4.93. The van der Waals surface area contributed by atoms with Crippen LogP contribution in [0.25, 0.3) is 0 Å². The summed E-state index contributed by atoms with van der Waals surface area (Å²) in [5, 5.41) is 23.5. The molecule has 150 valence electrons. The normalized spacial score (nSPS) is 31.9. The highest BCUT2D eigenvalue weighted by atomic mass is 79.9. The van der Waals surface area contributed by atoms with Crippen molar-refractivity contribution in [2.45, 2.75) is 44.6 Å². The summed E-state index contributed by atoms with van der Waals surface area (Å²) < 4.78 is 5.16. The lowest BCUT2D eigenvalue weighted by Gasteiger charge is -2.58. The van der Waals surface area contributed by atoms with Crippen molar-refractivity contribution in [1.29, 1.82) is 0 Å². The summed E-state index contributed by atoms with van der Waals surface area (Å²) in [7, 11) is 1.36. The third kappa shape index (κ3) is 3.32. The molecule has 4 fully saturated rings. The van der Waals surface area contributed by atoms with Crippen LogP contribution in [0.1, 0.15) is 44.1 Å². The van der Waals surface area contributed by atoms with Gasteiger partial charge < -0.3 is 9.84 Å². The predicted octanol–water partition coefficient (Wildman–Crippen LogP) is 3.61. The molecule has 4 aliphatic carbocycles. The number of non-ortho nitro benzene ring substituents is 1. The number of nitro benzene ring substituents is 1. The largest absolute Gasteiger partial charge is 0.871 e. The predicted molar refractivity (Wildman–Crippen MR) is 104 cm³/mol. The Balaban J connectivity index is 1.69. The lowest BCUT2D eigenvalue weighted by molar-refractivity contribution is -0.385. The molecule has 4 bridgehead atoms. The molecule has 28 heavy (non-hydrogen) atoms. The average molecular weight is 450 g/mol. The Labute approximate surface area is 171 Å². The molecule has 0 N–H and O–H groups in total. The van der Waals surface area contributed by atoms with Gasteiger partial charge in [0.1, 0.15) is 0 Å². The van der Waals surface area contributed by atoms with Gasteiger partial charge in [-0.15, -0.1) is 0 Å². The maximum absolute atomic E-state index is 12.6. The van der Waals surface area contributed by atoms with Gasteiger partial charge in [0, 0.05) is 28.2 Å². The molecule has 0 aromatic heterocycles. The van der Waals surface area contributed by atoms with E-state index in [2.05, 4.69) is 20.9 Å². The van der Waals surface area contributed by atoms with Gasteiger partial charge in [-0.1, -0.05) is 21.7 Å². The smallest absolute Gasteiger partial charge is 0.331 e. The second-order valence-electron chi connectivity index (χ2n) is 8.59. The molecule has 4 saturated carbocycles. The number of esters is 1. The minimum Gasteiger partial charge on any atom is -0.871 e. The van der Waals surface area contributed by atoms with Gasteiger partial charge in [0.05, 0.1) is 12.0 Å². The van der Waals surface area contributed by atoms with E-state index in [1.807, 2.05) is 0 Å². The molecule has 0 spiro atoms. The number of ether oxygens (including phenoxy) is 1. The number of nitro groups is 1. The maximum atomic E-state index is 12.6. The lowest BCUT2D eigenvalue weighted by Crippen LogP contribution is -2.53. The number of carbonyl (C=O) groups is 1. The van der Waals surface area contributed by atoms with Gasteiger partial charge in [-0.3, -0.25) is 15.1 Å². The van der Waals surface area contributed by atoms with Crippen molar-refractivity contribution in [1.82, 2.24) is 0 Å². The summed E-state index contributed by atoms with van der Waals surface area (Å²) in [6.45, 7) is 0. The van der Waals surface area contributed by atoms with E-state index in [1.165, 1.54) is 44.7 Å². The monoisotopic (exact) mass is 449 g/mol. The first kappa shape index (κ1) is 19.4. The Hall–Kier alpha value is -1.96. The summed E-state index contributed by atoms with van der Waals surface area (Å²) >= 11 is 3.08. The van der Waals surface area contributed by atoms with E-state index < -0.39 is 16.9 Å². The Bertz CT molecular complexity index is 818. The molecule has 0 radical (unpaired) electrons. The first-order valence-corrected chi connectivity index (χ1v) is 10.4. The second-order valence-corrected chi connectivity index (χ2v) is 9.44. The first-order chi connectivity index (χ1) is 13.3. The van der Waals surface area contributed by atoms with E-state index in [0.717, 1.165) is 19.3 Å². The fourth-order valence-electron chi connectivity index (χ4n) is 6.05. The maximum Gasteiger partial charge on any atom is 0.331 e. The second kappa shape index (κ2) is 7.13. The lowest BCUT2D eigenvalue weighted by atomic mass is 9.47. The molecule has 1 atom stereocenters. The summed E-state index contributed by atoms with van der Waals surface area (Å²) in [5.41, 5.74) is -0.323. The molecule has 0 amide bonds. The number of rotatable bonds is 5. The summed E-state index contributed by atoms with van der Waals surface area (Å²) in [6.07, 6.45) is 7.90. The van der Waals surface area contributed by atoms with Crippen LogP contribution in [0, 0.1) is 33.3 Å². The third-order valence-electron chi connectivity index (χ3n) is 6.72. The van der Waals surface area contributed by atoms with Crippen molar-refractivity contribution in [3.8, 4) is 5.75 Å². The van der Waals surface area contributed by atoms with Crippen LogP contribution >= 0.6 is 15.9 Å². The molecular weight excluding hydrogens is 428 g/mol. The summed E-state index contributed by atoms with van der Waals surface area (Å²) in [4.78, 5) is 27.7. The van der Waals surface area contributed by atoms with Crippen molar-refractivity contribution in [3.05, 3.63) is 32.3 Å². The Morgan fingerprint density at radius 1 is 1.29 bits per heavy atom. The number of carbonyl (C=O) groups excluding carboxylic acids is 1. The molecule has 4 aliphatic rings. The highest BCUT2D eigenvalue weighted by molar-refractivity contribution is 9.10. The van der Waals surface area contributed by atoms with Gasteiger partial charge in [0.25, 0.3) is 5.69 Å². The highest BCUT2D eigenvalue weighted by Gasteiger charge is 2.56. The van der Waals surface area contributed by atoms with Crippen LogP contribution in [0.2, 0.25) is 0 Å². The zero-order valence-corrected chi connectivity index (χ0v) is 17.2. The zero-order valence-electron chi connectivity index (χ0n) is 15.6. The van der Waals surface area contributed by atoms with Crippen LogP contribution in [0.15, 0.2) is 21.6 Å². The number of hydrogen-bond donors (Lipinski definition) is 0. The molecule has 5 rings (SSSR count). The molecule has 8 heteroatoms. The average Bonchev–Trinajstić information content (AvgIpc) is 2.63. The van der Waals surface area contributed by atoms with Gasteiger partial charge >= 0.3 is 5.97 Å². The molecule has 0 heterocycles. The standard InChI is InChI=1S/C20H23BrN2O5/c1-28-19(25)18(20-7-11-2-12(8-20)4-13(3-11)9-20)22-10-14-5-15(23(26)27)6-16(21)17(14)24/h5-6,10-13,18,24H,2-4,7-9H2,1H3/p-1/t11?,12?,13?,18-,20?/m1/s1. The van der Waals surface area contributed by atoms with Gasteiger partial charge in [-0.25, -0.2) is 4.79 Å². The van der Waals surface area contributed by atoms with E-state index in [1.54, 1.807) is 0 Å². The van der Waals surface area contributed by atoms with Gasteiger partial charge in [-0.2, -0.15) is 0 Å². The fraction of sp³-hybridized carbons (Fsp3) is 0.600. The van der Waals surface area contributed by atoms with Gasteiger partial charge in [-0.05, 0) is 61.8 Å². The fourth-order valence-corrected chi connectivity index (χ4v) is 6.51. The minimum absolute atomic E-state index is 0.0970. The van der Waals surface area contributed by atoms with Crippen LogP contribution in [-0.2, 0) is 9.53 Å². The van der Waals surface area contributed by atoms with Crippen LogP contribution in [0.5, 0.6) is 5.75 Å². The summed E-state index contributed by atoms with van der Waals surface area (Å²) in [5.74, 6) is 1.13. The van der Waals surface area contributed by atoms with Crippen molar-refractivity contribution in [2.24, 2.45) is 28.2 Å². The van der Waals surface area contributed by atoms with E-state index in [4.69, 9.17) is 4.74 Å². The van der Waals surface area contributed by atoms with E-state index in [9.17, 15) is 20.0 Å². The molecular formula is C20H22BrN2O5-. The Morgan fingerprint density at radius 2 is 1.86 bits per heavy atom. The van der Waals surface area contributed by atoms with Crippen LogP contribution < -0.4 is 5.11 Å². The van der Waals surface area contributed by atoms with E-state index >= 15 is 0 Å². The van der Waals surface area contributed by atoms with Crippen LogP contribution in [0.4, 0.5) is 5.69 Å². The number of halogens is 1. The van der Waals surface area contributed by atoms with Crippen LogP contribution in [0.3, 0.4) is 0 Å².